The SMILES string of the molecule is COc1cc2sc(C(=O)CCC(=O)O)cc2c2ocnc12. The highest BCUT2D eigenvalue weighted by Gasteiger charge is 2.17. The summed E-state index contributed by atoms with van der Waals surface area (Å²) in [6, 6.07) is 3.52. The predicted molar refractivity (Wildman–Crippen MR) is 77.1 cm³/mol. The van der Waals surface area contributed by atoms with Gasteiger partial charge in [0.2, 0.25) is 0 Å². The minimum absolute atomic E-state index is 0.0150. The summed E-state index contributed by atoms with van der Waals surface area (Å²) in [6.07, 6.45) is 1.14. The first-order valence-electron chi connectivity index (χ1n) is 6.19. The summed E-state index contributed by atoms with van der Waals surface area (Å²) < 4.78 is 11.5. The smallest absolute Gasteiger partial charge is 0.303 e. The molecule has 2 heterocycles. The number of aliphatic carboxylic acids is 1. The third-order valence-corrected chi connectivity index (χ3v) is 4.25. The lowest BCUT2D eigenvalue weighted by atomic mass is 10.1. The van der Waals surface area contributed by atoms with Gasteiger partial charge >= 0.3 is 5.97 Å². The molecule has 6 nitrogen and oxygen atoms in total. The minimum Gasteiger partial charge on any atom is -0.494 e. The van der Waals surface area contributed by atoms with Crippen molar-refractivity contribution in [2.75, 3.05) is 7.11 Å². The van der Waals surface area contributed by atoms with Crippen molar-refractivity contribution in [2.24, 2.45) is 0 Å². The maximum atomic E-state index is 12.0. The first kappa shape index (κ1) is 13.6. The highest BCUT2D eigenvalue weighted by molar-refractivity contribution is 7.21. The van der Waals surface area contributed by atoms with Crippen molar-refractivity contribution >= 4 is 44.3 Å². The zero-order valence-electron chi connectivity index (χ0n) is 11.1. The van der Waals surface area contributed by atoms with Crippen LogP contribution in [0, 0.1) is 0 Å². The lowest BCUT2D eigenvalue weighted by Gasteiger charge is -1.99. The Kier molecular flexibility index (Phi) is 3.34. The molecule has 0 aliphatic heterocycles. The van der Waals surface area contributed by atoms with Crippen molar-refractivity contribution in [1.29, 1.82) is 0 Å². The summed E-state index contributed by atoms with van der Waals surface area (Å²) in [7, 11) is 1.54. The van der Waals surface area contributed by atoms with E-state index in [2.05, 4.69) is 4.98 Å². The fourth-order valence-electron chi connectivity index (χ4n) is 2.13. The van der Waals surface area contributed by atoms with Crippen molar-refractivity contribution in [1.82, 2.24) is 4.98 Å². The second kappa shape index (κ2) is 5.17. The van der Waals surface area contributed by atoms with E-state index in [1.807, 2.05) is 0 Å². The number of thiophene rings is 1. The van der Waals surface area contributed by atoms with E-state index >= 15 is 0 Å². The van der Waals surface area contributed by atoms with Crippen LogP contribution in [0.4, 0.5) is 0 Å². The largest absolute Gasteiger partial charge is 0.494 e. The maximum Gasteiger partial charge on any atom is 0.303 e. The van der Waals surface area contributed by atoms with Gasteiger partial charge in [-0.1, -0.05) is 0 Å². The van der Waals surface area contributed by atoms with E-state index in [1.54, 1.807) is 19.2 Å². The van der Waals surface area contributed by atoms with E-state index in [0.717, 1.165) is 10.1 Å². The number of carbonyl (C=O) groups is 2. The third-order valence-electron chi connectivity index (χ3n) is 3.13. The number of carboxylic acid groups (broad SMARTS) is 1. The molecular weight excluding hydrogens is 294 g/mol. The number of Topliss-reactive ketones (excluding diaryl/α,β-unsaturated/α-hetero) is 1. The number of rotatable bonds is 5. The summed E-state index contributed by atoms with van der Waals surface area (Å²) in [5.41, 5.74) is 1.17. The number of aromatic nitrogens is 1. The molecule has 1 aromatic carbocycles. The lowest BCUT2D eigenvalue weighted by Crippen LogP contribution is -2.01. The summed E-state index contributed by atoms with van der Waals surface area (Å²) in [4.78, 5) is 27.2. The van der Waals surface area contributed by atoms with Crippen LogP contribution < -0.4 is 4.74 Å². The first-order valence-corrected chi connectivity index (χ1v) is 7.00. The van der Waals surface area contributed by atoms with E-state index in [0.29, 0.717) is 21.7 Å². The van der Waals surface area contributed by atoms with Gasteiger partial charge in [0.25, 0.3) is 0 Å². The van der Waals surface area contributed by atoms with Gasteiger partial charge in [-0.25, -0.2) is 4.98 Å². The molecule has 0 unspecified atom stereocenters. The van der Waals surface area contributed by atoms with Crippen molar-refractivity contribution < 1.29 is 23.8 Å². The summed E-state index contributed by atoms with van der Waals surface area (Å²) in [5.74, 6) is -0.591. The zero-order chi connectivity index (χ0) is 15.0. The average molecular weight is 305 g/mol. The molecular formula is C14H11NO5S. The molecule has 1 N–H and O–H groups in total. The molecule has 0 aliphatic carbocycles. The number of hydrogen-bond acceptors (Lipinski definition) is 6. The van der Waals surface area contributed by atoms with Crippen LogP contribution in [0.3, 0.4) is 0 Å². The van der Waals surface area contributed by atoms with E-state index in [4.69, 9.17) is 14.3 Å². The Morgan fingerprint density at radius 3 is 2.90 bits per heavy atom. The van der Waals surface area contributed by atoms with Gasteiger partial charge in [-0.05, 0) is 6.07 Å². The predicted octanol–water partition coefficient (Wildman–Crippen LogP) is 3.10. The number of carbonyl (C=O) groups excluding carboxylic acids is 1. The van der Waals surface area contributed by atoms with Crippen LogP contribution in [-0.2, 0) is 4.79 Å². The summed E-state index contributed by atoms with van der Waals surface area (Å²) >= 11 is 1.29. The Labute approximate surface area is 123 Å². The molecule has 0 spiro atoms. The second-order valence-electron chi connectivity index (χ2n) is 4.45. The monoisotopic (exact) mass is 305 g/mol. The Balaban J connectivity index is 2.07. The number of ketones is 1. The molecule has 108 valence electrons. The number of methoxy groups -OCH3 is 1. The van der Waals surface area contributed by atoms with E-state index in [1.165, 1.54) is 17.7 Å². The molecule has 0 fully saturated rings. The summed E-state index contributed by atoms with van der Waals surface area (Å²) in [5, 5.41) is 9.43. The lowest BCUT2D eigenvalue weighted by molar-refractivity contribution is -0.136. The molecule has 2 aromatic heterocycles. The van der Waals surface area contributed by atoms with E-state index < -0.39 is 5.97 Å². The van der Waals surface area contributed by atoms with Crippen molar-refractivity contribution in [3.8, 4) is 5.75 Å². The van der Waals surface area contributed by atoms with Crippen molar-refractivity contribution in [3.05, 3.63) is 23.4 Å². The third kappa shape index (κ3) is 2.36. The maximum absolute atomic E-state index is 12.0. The van der Waals surface area contributed by atoms with Gasteiger partial charge < -0.3 is 14.3 Å². The van der Waals surface area contributed by atoms with E-state index in [9.17, 15) is 9.59 Å². The first-order chi connectivity index (χ1) is 10.1. The van der Waals surface area contributed by atoms with Gasteiger partial charge in [-0.2, -0.15) is 0 Å². The van der Waals surface area contributed by atoms with Gasteiger partial charge in [-0.3, -0.25) is 9.59 Å². The van der Waals surface area contributed by atoms with Gasteiger partial charge in [0.1, 0.15) is 5.75 Å². The van der Waals surface area contributed by atoms with Gasteiger partial charge in [0.15, 0.2) is 23.3 Å². The molecule has 3 aromatic rings. The Hall–Kier alpha value is -2.41. The Morgan fingerprint density at radius 1 is 1.38 bits per heavy atom. The number of nitrogens with zero attached hydrogens (tertiary/aromatic N) is 1. The standard InChI is InChI=1S/C14H11NO5S/c1-19-9-5-10-7(14-13(9)15-6-20-14)4-11(21-10)8(16)2-3-12(17)18/h4-6H,2-3H2,1H3,(H,17,18). The van der Waals surface area contributed by atoms with Gasteiger partial charge in [0, 0.05) is 22.6 Å². The van der Waals surface area contributed by atoms with Crippen molar-refractivity contribution in [2.45, 2.75) is 12.8 Å². The fraction of sp³-hybridized carbons (Fsp3) is 0.214. The van der Waals surface area contributed by atoms with E-state index in [-0.39, 0.29) is 18.6 Å². The van der Waals surface area contributed by atoms with Gasteiger partial charge in [-0.15, -0.1) is 11.3 Å². The van der Waals surface area contributed by atoms with Crippen LogP contribution in [0.15, 0.2) is 22.9 Å². The molecule has 3 rings (SSSR count). The van der Waals surface area contributed by atoms with Crippen LogP contribution >= 0.6 is 11.3 Å². The highest BCUT2D eigenvalue weighted by Crippen LogP contribution is 2.37. The normalized spacial score (nSPS) is 11.1. The molecule has 0 aliphatic rings. The number of benzene rings is 1. The van der Waals surface area contributed by atoms with Crippen LogP contribution in [0.25, 0.3) is 21.2 Å². The second-order valence-corrected chi connectivity index (χ2v) is 5.53. The topological polar surface area (TPSA) is 89.6 Å². The van der Waals surface area contributed by atoms with Gasteiger partial charge in [0.05, 0.1) is 18.4 Å². The molecule has 21 heavy (non-hydrogen) atoms. The molecule has 0 saturated carbocycles. The van der Waals surface area contributed by atoms with Crippen LogP contribution in [0.5, 0.6) is 5.75 Å². The number of carboxylic acids is 1. The molecule has 7 heteroatoms. The van der Waals surface area contributed by atoms with Crippen LogP contribution in [-0.4, -0.2) is 29.0 Å². The molecule has 0 atom stereocenters. The highest BCUT2D eigenvalue weighted by atomic mass is 32.1. The molecule has 0 saturated heterocycles. The molecule has 0 bridgehead atoms. The van der Waals surface area contributed by atoms with Crippen molar-refractivity contribution in [3.63, 3.8) is 0 Å². The number of fused-ring (bicyclic) bond motifs is 3. The zero-order valence-corrected chi connectivity index (χ0v) is 11.9. The minimum atomic E-state index is -0.983. The average Bonchev–Trinajstić information content (AvgIpc) is 3.09. The molecule has 0 radical (unpaired) electrons. The van der Waals surface area contributed by atoms with Crippen LogP contribution in [0.1, 0.15) is 22.5 Å². The number of oxazole rings is 1. The summed E-state index contributed by atoms with van der Waals surface area (Å²) in [6.45, 7) is 0. The quantitative estimate of drug-likeness (QED) is 0.728. The Morgan fingerprint density at radius 2 is 2.19 bits per heavy atom. The Bertz CT molecular complexity index is 848. The van der Waals surface area contributed by atoms with Crippen LogP contribution in [0.2, 0.25) is 0 Å². The fourth-order valence-corrected chi connectivity index (χ4v) is 3.18. The number of hydrogen-bond donors (Lipinski definition) is 1. The number of ether oxygens (including phenoxy) is 1. The molecule has 0 amide bonds.